The lowest BCUT2D eigenvalue weighted by atomic mass is 10.1. The van der Waals surface area contributed by atoms with Crippen LogP contribution in [0.5, 0.6) is 0 Å². The third-order valence-corrected chi connectivity index (χ3v) is 2.40. The average Bonchev–Trinajstić information content (AvgIpc) is 2.26. The summed E-state index contributed by atoms with van der Waals surface area (Å²) in [6.07, 6.45) is 2.20. The van der Waals surface area contributed by atoms with E-state index in [-0.39, 0.29) is 0 Å². The number of aliphatic imine (C=N–C) groups is 1. The van der Waals surface area contributed by atoms with Gasteiger partial charge in [0.1, 0.15) is 0 Å². The largest absolute Gasteiger partial charge is 0.325 e. The Morgan fingerprint density at radius 3 is 2.41 bits per heavy atom. The van der Waals surface area contributed by atoms with Gasteiger partial charge >= 0.3 is 0 Å². The van der Waals surface area contributed by atoms with Crippen LogP contribution in [0.1, 0.15) is 30.9 Å². The van der Waals surface area contributed by atoms with Crippen molar-refractivity contribution in [3.63, 3.8) is 0 Å². The molecular formula is C13H22N4. The third kappa shape index (κ3) is 4.87. The number of unbranched alkanes of at least 4 members (excludes halogenated alkanes) is 1. The second kappa shape index (κ2) is 6.91. The Morgan fingerprint density at radius 1 is 1.24 bits per heavy atom. The number of hydrazine groups is 1. The minimum atomic E-state index is 0.614. The second-order valence-corrected chi connectivity index (χ2v) is 4.23. The lowest BCUT2D eigenvalue weighted by Gasteiger charge is -2.10. The number of guanidine groups is 1. The third-order valence-electron chi connectivity index (χ3n) is 2.40. The Bertz CT molecular complexity index is 365. The summed E-state index contributed by atoms with van der Waals surface area (Å²) in [4.78, 5) is 4.36. The Balaban J connectivity index is 2.69. The maximum atomic E-state index is 5.44. The second-order valence-electron chi connectivity index (χ2n) is 4.23. The molecule has 0 heterocycles. The van der Waals surface area contributed by atoms with E-state index in [0.717, 1.165) is 25.1 Å². The van der Waals surface area contributed by atoms with Gasteiger partial charge < -0.3 is 5.32 Å². The summed E-state index contributed by atoms with van der Waals surface area (Å²) in [6, 6.07) is 6.27. The van der Waals surface area contributed by atoms with E-state index < -0.39 is 0 Å². The molecule has 0 amide bonds. The fourth-order valence-electron chi connectivity index (χ4n) is 1.65. The first-order chi connectivity index (χ1) is 8.15. The Labute approximate surface area is 103 Å². The smallest absolute Gasteiger partial charge is 0.210 e. The van der Waals surface area contributed by atoms with Crippen LogP contribution in [0, 0.1) is 13.8 Å². The molecule has 0 spiro atoms. The van der Waals surface area contributed by atoms with Crippen LogP contribution in [-0.4, -0.2) is 12.5 Å². The zero-order valence-electron chi connectivity index (χ0n) is 10.9. The van der Waals surface area contributed by atoms with E-state index in [1.54, 1.807) is 0 Å². The monoisotopic (exact) mass is 234 g/mol. The molecule has 1 rings (SSSR count). The number of hydrogen-bond donors (Lipinski definition) is 3. The first-order valence-corrected chi connectivity index (χ1v) is 6.02. The Hall–Kier alpha value is -1.55. The fraction of sp³-hybridized carbons (Fsp3) is 0.462. The highest BCUT2D eigenvalue weighted by Gasteiger charge is 1.99. The van der Waals surface area contributed by atoms with Crippen molar-refractivity contribution in [2.24, 2.45) is 10.8 Å². The van der Waals surface area contributed by atoms with Crippen LogP contribution in [0.25, 0.3) is 0 Å². The number of nitrogens with zero attached hydrogens (tertiary/aromatic N) is 1. The van der Waals surface area contributed by atoms with Crippen molar-refractivity contribution in [1.82, 2.24) is 5.43 Å². The number of aryl methyl sites for hydroxylation is 2. The van der Waals surface area contributed by atoms with E-state index in [0.29, 0.717) is 5.96 Å². The molecule has 0 fully saturated rings. The standard InChI is InChI=1S/C13H22N4/c1-4-5-6-15-13(17-14)16-12-8-10(2)7-11(3)9-12/h7-9H,4-6,14H2,1-3H3,(H2,15,16,17). The van der Waals surface area contributed by atoms with Gasteiger partial charge in [-0.1, -0.05) is 19.4 Å². The molecule has 94 valence electrons. The van der Waals surface area contributed by atoms with E-state index in [4.69, 9.17) is 5.84 Å². The predicted molar refractivity (Wildman–Crippen MR) is 74.1 cm³/mol. The molecule has 0 aliphatic rings. The molecule has 4 heteroatoms. The highest BCUT2D eigenvalue weighted by atomic mass is 15.3. The summed E-state index contributed by atoms with van der Waals surface area (Å²) in [5.74, 6) is 6.05. The molecule has 0 saturated carbocycles. The first kappa shape index (κ1) is 13.5. The molecule has 0 aliphatic carbocycles. The van der Waals surface area contributed by atoms with E-state index in [9.17, 15) is 0 Å². The van der Waals surface area contributed by atoms with E-state index in [1.807, 2.05) is 0 Å². The van der Waals surface area contributed by atoms with Crippen molar-refractivity contribution in [2.75, 3.05) is 11.9 Å². The van der Waals surface area contributed by atoms with Crippen LogP contribution in [0.3, 0.4) is 0 Å². The molecule has 0 bridgehead atoms. The van der Waals surface area contributed by atoms with Gasteiger partial charge in [0.15, 0.2) is 0 Å². The quantitative estimate of drug-likeness (QED) is 0.246. The van der Waals surface area contributed by atoms with Crippen molar-refractivity contribution in [1.29, 1.82) is 0 Å². The predicted octanol–water partition coefficient (Wildman–Crippen LogP) is 2.33. The first-order valence-electron chi connectivity index (χ1n) is 6.02. The van der Waals surface area contributed by atoms with Gasteiger partial charge in [0, 0.05) is 12.2 Å². The minimum Gasteiger partial charge on any atom is -0.325 e. The molecule has 17 heavy (non-hydrogen) atoms. The van der Waals surface area contributed by atoms with Gasteiger partial charge in [0.2, 0.25) is 5.96 Å². The summed E-state index contributed by atoms with van der Waals surface area (Å²) in [7, 11) is 0. The number of benzene rings is 1. The normalized spacial score (nSPS) is 11.4. The van der Waals surface area contributed by atoms with E-state index in [1.165, 1.54) is 11.1 Å². The summed E-state index contributed by atoms with van der Waals surface area (Å²) < 4.78 is 0. The van der Waals surface area contributed by atoms with Gasteiger partial charge in [-0.25, -0.2) is 5.84 Å². The van der Waals surface area contributed by atoms with Crippen LogP contribution in [0.4, 0.5) is 5.69 Å². The van der Waals surface area contributed by atoms with Gasteiger partial charge in [0.25, 0.3) is 0 Å². The Morgan fingerprint density at radius 2 is 1.88 bits per heavy atom. The molecule has 0 atom stereocenters. The molecule has 0 unspecified atom stereocenters. The van der Waals surface area contributed by atoms with Gasteiger partial charge in [0.05, 0.1) is 0 Å². The molecule has 4 nitrogen and oxygen atoms in total. The lowest BCUT2D eigenvalue weighted by molar-refractivity contribution is 0.801. The number of nitrogens with two attached hydrogens (primary N) is 1. The number of nitrogens with one attached hydrogen (secondary N) is 2. The molecule has 0 saturated heterocycles. The van der Waals surface area contributed by atoms with Crippen molar-refractivity contribution >= 4 is 11.6 Å². The molecule has 0 aromatic heterocycles. The van der Waals surface area contributed by atoms with Gasteiger partial charge in [-0.3, -0.25) is 10.4 Å². The van der Waals surface area contributed by atoms with Crippen molar-refractivity contribution in [2.45, 2.75) is 33.6 Å². The minimum absolute atomic E-state index is 0.614. The summed E-state index contributed by atoms with van der Waals surface area (Å²) >= 11 is 0. The number of rotatable bonds is 4. The van der Waals surface area contributed by atoms with Gasteiger partial charge in [-0.15, -0.1) is 0 Å². The summed E-state index contributed by atoms with van der Waals surface area (Å²) in [5.41, 5.74) is 6.04. The van der Waals surface area contributed by atoms with Gasteiger partial charge in [-0.05, 0) is 43.5 Å². The maximum Gasteiger partial charge on any atom is 0.210 e. The van der Waals surface area contributed by atoms with Crippen molar-refractivity contribution in [3.05, 3.63) is 29.3 Å². The molecule has 0 aliphatic heterocycles. The van der Waals surface area contributed by atoms with Crippen molar-refractivity contribution < 1.29 is 0 Å². The SMILES string of the molecule is CCCCN=C(NN)Nc1cc(C)cc(C)c1. The lowest BCUT2D eigenvalue weighted by Crippen LogP contribution is -2.36. The van der Waals surface area contributed by atoms with Crippen LogP contribution < -0.4 is 16.6 Å². The molecule has 1 aromatic carbocycles. The number of anilines is 1. The van der Waals surface area contributed by atoms with E-state index >= 15 is 0 Å². The molecule has 1 aromatic rings. The van der Waals surface area contributed by atoms with Gasteiger partial charge in [-0.2, -0.15) is 0 Å². The van der Waals surface area contributed by atoms with Crippen molar-refractivity contribution in [3.8, 4) is 0 Å². The van der Waals surface area contributed by atoms with Crippen LogP contribution in [0.15, 0.2) is 23.2 Å². The zero-order valence-corrected chi connectivity index (χ0v) is 10.9. The molecule has 4 N–H and O–H groups in total. The topological polar surface area (TPSA) is 62.4 Å². The summed E-state index contributed by atoms with van der Waals surface area (Å²) in [6.45, 7) is 7.07. The van der Waals surface area contributed by atoms with E-state index in [2.05, 4.69) is 54.7 Å². The van der Waals surface area contributed by atoms with Crippen LogP contribution in [-0.2, 0) is 0 Å². The highest BCUT2D eigenvalue weighted by molar-refractivity contribution is 5.93. The molecular weight excluding hydrogens is 212 g/mol. The van der Waals surface area contributed by atoms with Crippen LogP contribution in [0.2, 0.25) is 0 Å². The van der Waals surface area contributed by atoms with Crippen LogP contribution >= 0.6 is 0 Å². The molecule has 0 radical (unpaired) electrons. The zero-order chi connectivity index (χ0) is 12.7. The number of hydrogen-bond acceptors (Lipinski definition) is 2. The maximum absolute atomic E-state index is 5.44. The Kier molecular flexibility index (Phi) is 5.49. The fourth-order valence-corrected chi connectivity index (χ4v) is 1.65. The highest BCUT2D eigenvalue weighted by Crippen LogP contribution is 2.13. The summed E-state index contributed by atoms with van der Waals surface area (Å²) in [5, 5.41) is 3.18. The average molecular weight is 234 g/mol.